The van der Waals surface area contributed by atoms with Gasteiger partial charge in [-0.1, -0.05) is 12.1 Å². The third-order valence-corrected chi connectivity index (χ3v) is 3.86. The van der Waals surface area contributed by atoms with Crippen LogP contribution in [0.4, 0.5) is 11.4 Å². The van der Waals surface area contributed by atoms with Gasteiger partial charge in [0.15, 0.2) is 0 Å². The molecule has 0 aliphatic carbocycles. The molecule has 1 amide bonds. The first-order valence-electron chi connectivity index (χ1n) is 6.53. The minimum absolute atomic E-state index is 0.0308. The van der Waals surface area contributed by atoms with Gasteiger partial charge in [0.25, 0.3) is 17.3 Å². The summed E-state index contributed by atoms with van der Waals surface area (Å²) in [6, 6.07) is 8.44. The molecule has 11 heteroatoms. The van der Waals surface area contributed by atoms with Crippen molar-refractivity contribution in [2.75, 3.05) is 0 Å². The lowest BCUT2D eigenvalue weighted by atomic mass is 10.1. The summed E-state index contributed by atoms with van der Waals surface area (Å²) in [4.78, 5) is 43.3. The second-order valence-electron chi connectivity index (χ2n) is 4.55. The van der Waals surface area contributed by atoms with Crippen molar-refractivity contribution in [3.05, 3.63) is 73.8 Å². The Hall–Kier alpha value is -3.47. The summed E-state index contributed by atoms with van der Waals surface area (Å²) >= 11 is 0.562. The molecule has 0 heterocycles. The molecule has 0 fully saturated rings. The summed E-state index contributed by atoms with van der Waals surface area (Å²) in [7, 11) is 0. The highest BCUT2D eigenvalue weighted by atomic mass is 32.2. The zero-order chi connectivity index (χ0) is 18.6. The van der Waals surface area contributed by atoms with Crippen molar-refractivity contribution >= 4 is 35.2 Å². The summed E-state index contributed by atoms with van der Waals surface area (Å²) in [6.07, 6.45) is 0. The third-order valence-electron chi connectivity index (χ3n) is 3.01. The van der Waals surface area contributed by atoms with E-state index in [9.17, 15) is 29.8 Å². The molecule has 2 N–H and O–H groups in total. The quantitative estimate of drug-likeness (QED) is 0.451. The maximum Gasteiger partial charge on any atom is 0.336 e. The number of amides is 1. The lowest BCUT2D eigenvalue weighted by Crippen LogP contribution is -2.19. The number of hydrogen-bond acceptors (Lipinski definition) is 7. The smallest absolute Gasteiger partial charge is 0.336 e. The highest BCUT2D eigenvalue weighted by Gasteiger charge is 2.22. The SMILES string of the molecule is O=C(O)c1ccccc1C(=O)NSc1ccc([N+](=O)[O-])cc1[N+](=O)[O-]. The second-order valence-corrected chi connectivity index (χ2v) is 5.40. The van der Waals surface area contributed by atoms with Gasteiger partial charge in [-0.25, -0.2) is 4.79 Å². The molecule has 25 heavy (non-hydrogen) atoms. The van der Waals surface area contributed by atoms with Gasteiger partial charge in [0.1, 0.15) is 4.90 Å². The summed E-state index contributed by atoms with van der Waals surface area (Å²) in [5, 5.41) is 30.8. The Bertz CT molecular complexity index is 884. The van der Waals surface area contributed by atoms with E-state index >= 15 is 0 Å². The van der Waals surface area contributed by atoms with Crippen LogP contribution in [-0.2, 0) is 0 Å². The van der Waals surface area contributed by atoms with E-state index in [2.05, 4.69) is 4.72 Å². The number of nitrogens with zero attached hydrogens (tertiary/aromatic N) is 2. The van der Waals surface area contributed by atoms with Gasteiger partial charge in [-0.05, 0) is 30.1 Å². The van der Waals surface area contributed by atoms with Gasteiger partial charge in [0.2, 0.25) is 0 Å². The fourth-order valence-electron chi connectivity index (χ4n) is 1.87. The Morgan fingerprint density at radius 3 is 2.20 bits per heavy atom. The average molecular weight is 363 g/mol. The van der Waals surface area contributed by atoms with E-state index in [4.69, 9.17) is 5.11 Å². The van der Waals surface area contributed by atoms with Gasteiger partial charge in [-0.2, -0.15) is 0 Å². The number of aromatic carboxylic acids is 1. The molecular weight excluding hydrogens is 354 g/mol. The molecule has 2 rings (SSSR count). The average Bonchev–Trinajstić information content (AvgIpc) is 2.59. The van der Waals surface area contributed by atoms with Crippen LogP contribution in [0.5, 0.6) is 0 Å². The van der Waals surface area contributed by atoms with Gasteiger partial charge in [0, 0.05) is 6.07 Å². The van der Waals surface area contributed by atoms with E-state index in [0.29, 0.717) is 11.9 Å². The van der Waals surface area contributed by atoms with Crippen molar-refractivity contribution in [2.45, 2.75) is 4.90 Å². The van der Waals surface area contributed by atoms with Crippen molar-refractivity contribution in [3.63, 3.8) is 0 Å². The number of rotatable bonds is 6. The summed E-state index contributed by atoms with van der Waals surface area (Å²) in [5.74, 6) is -2.06. The molecule has 0 spiro atoms. The Labute approximate surface area is 143 Å². The zero-order valence-electron chi connectivity index (χ0n) is 12.2. The lowest BCUT2D eigenvalue weighted by molar-refractivity contribution is -0.396. The van der Waals surface area contributed by atoms with Gasteiger partial charge in [0.05, 0.1) is 27.0 Å². The Kier molecular flexibility index (Phi) is 5.29. The normalized spacial score (nSPS) is 10.1. The molecule has 0 saturated heterocycles. The largest absolute Gasteiger partial charge is 0.478 e. The fourth-order valence-corrected chi connectivity index (χ4v) is 2.56. The second kappa shape index (κ2) is 7.40. The molecule has 2 aromatic carbocycles. The van der Waals surface area contributed by atoms with Crippen molar-refractivity contribution in [1.82, 2.24) is 4.72 Å². The molecule has 0 atom stereocenters. The predicted octanol–water partition coefficient (Wildman–Crippen LogP) is 2.64. The summed E-state index contributed by atoms with van der Waals surface area (Å²) in [5.41, 5.74) is -1.35. The van der Waals surface area contributed by atoms with Crippen LogP contribution in [0.1, 0.15) is 20.7 Å². The molecule has 0 unspecified atom stereocenters. The number of carboxylic acids is 1. The first kappa shape index (κ1) is 17.9. The lowest BCUT2D eigenvalue weighted by Gasteiger charge is -2.07. The molecule has 2 aromatic rings. The van der Waals surface area contributed by atoms with Crippen LogP contribution in [0.2, 0.25) is 0 Å². The summed E-state index contributed by atoms with van der Waals surface area (Å²) < 4.78 is 2.29. The number of benzene rings is 2. The molecule has 0 saturated carbocycles. The number of carbonyl (C=O) groups is 2. The van der Waals surface area contributed by atoms with Crippen LogP contribution in [0, 0.1) is 20.2 Å². The molecule has 10 nitrogen and oxygen atoms in total. The van der Waals surface area contributed by atoms with Crippen LogP contribution in [0.25, 0.3) is 0 Å². The van der Waals surface area contributed by atoms with Gasteiger partial charge in [-0.3, -0.25) is 29.7 Å². The van der Waals surface area contributed by atoms with Crippen LogP contribution in [0.3, 0.4) is 0 Å². The molecule has 128 valence electrons. The number of nitro groups is 2. The van der Waals surface area contributed by atoms with Gasteiger partial charge in [-0.15, -0.1) is 0 Å². The standard InChI is InChI=1S/C14H9N3O7S/c18-13(9-3-1-2-4-10(9)14(19)20)15-25-12-6-5-8(16(21)22)7-11(12)17(23)24/h1-7H,(H,15,18)(H,19,20). The molecular formula is C14H9N3O7S. The molecule has 0 aromatic heterocycles. The predicted molar refractivity (Wildman–Crippen MR) is 86.5 cm³/mol. The Balaban J connectivity index is 2.24. The zero-order valence-corrected chi connectivity index (χ0v) is 13.1. The van der Waals surface area contributed by atoms with Crippen molar-refractivity contribution in [1.29, 1.82) is 0 Å². The van der Waals surface area contributed by atoms with Crippen LogP contribution in [0.15, 0.2) is 47.4 Å². The minimum Gasteiger partial charge on any atom is -0.478 e. The maximum atomic E-state index is 12.1. The van der Waals surface area contributed by atoms with E-state index in [-0.39, 0.29) is 16.0 Å². The monoisotopic (exact) mass is 363 g/mol. The van der Waals surface area contributed by atoms with E-state index in [1.54, 1.807) is 0 Å². The first-order chi connectivity index (χ1) is 11.8. The van der Waals surface area contributed by atoms with E-state index < -0.39 is 33.1 Å². The van der Waals surface area contributed by atoms with E-state index in [1.807, 2.05) is 0 Å². The minimum atomic E-state index is -1.29. The highest BCUT2D eigenvalue weighted by Crippen LogP contribution is 2.31. The van der Waals surface area contributed by atoms with Crippen molar-refractivity contribution in [2.24, 2.45) is 0 Å². The third kappa shape index (κ3) is 4.09. The molecule has 0 bridgehead atoms. The first-order valence-corrected chi connectivity index (χ1v) is 7.35. The van der Waals surface area contributed by atoms with Crippen molar-refractivity contribution < 1.29 is 24.5 Å². The summed E-state index contributed by atoms with van der Waals surface area (Å²) in [6.45, 7) is 0. The van der Waals surface area contributed by atoms with E-state index in [0.717, 1.165) is 18.2 Å². The van der Waals surface area contributed by atoms with Crippen molar-refractivity contribution in [3.8, 4) is 0 Å². The topological polar surface area (TPSA) is 153 Å². The van der Waals surface area contributed by atoms with Gasteiger partial charge >= 0.3 is 5.97 Å². The molecule has 0 aliphatic rings. The fraction of sp³-hybridized carbons (Fsp3) is 0. The number of non-ortho nitro benzene ring substituents is 1. The number of nitro benzene ring substituents is 2. The van der Waals surface area contributed by atoms with Crippen LogP contribution < -0.4 is 4.72 Å². The molecule has 0 aliphatic heterocycles. The van der Waals surface area contributed by atoms with E-state index in [1.165, 1.54) is 24.3 Å². The molecule has 0 radical (unpaired) electrons. The van der Waals surface area contributed by atoms with Crippen LogP contribution >= 0.6 is 11.9 Å². The maximum absolute atomic E-state index is 12.1. The Morgan fingerprint density at radius 1 is 1.00 bits per heavy atom. The Morgan fingerprint density at radius 2 is 1.64 bits per heavy atom. The number of nitrogens with one attached hydrogen (secondary N) is 1. The van der Waals surface area contributed by atoms with Crippen LogP contribution in [-0.4, -0.2) is 26.8 Å². The number of carbonyl (C=O) groups excluding carboxylic acids is 1. The highest BCUT2D eigenvalue weighted by molar-refractivity contribution is 7.98. The van der Waals surface area contributed by atoms with Gasteiger partial charge < -0.3 is 5.11 Å². The number of hydrogen-bond donors (Lipinski definition) is 2. The number of carboxylic acid groups (broad SMARTS) is 1.